The van der Waals surface area contributed by atoms with Crippen molar-refractivity contribution in [2.24, 2.45) is 0 Å². The summed E-state index contributed by atoms with van der Waals surface area (Å²) in [6.07, 6.45) is 6.83. The maximum absolute atomic E-state index is 11.2. The molecule has 1 aliphatic rings. The second-order valence-electron chi connectivity index (χ2n) is 4.77. The van der Waals surface area contributed by atoms with E-state index in [4.69, 9.17) is 0 Å². The van der Waals surface area contributed by atoms with Crippen molar-refractivity contribution in [1.29, 1.82) is 0 Å². The van der Waals surface area contributed by atoms with Crippen molar-refractivity contribution in [3.63, 3.8) is 0 Å². The van der Waals surface area contributed by atoms with Gasteiger partial charge in [-0.1, -0.05) is 12.1 Å². The minimum absolute atomic E-state index is 0.410. The van der Waals surface area contributed by atoms with Crippen LogP contribution in [0.5, 0.6) is 0 Å². The minimum atomic E-state index is 0.410. The van der Waals surface area contributed by atoms with Crippen molar-refractivity contribution < 1.29 is 4.79 Å². The van der Waals surface area contributed by atoms with Crippen LogP contribution < -0.4 is 0 Å². The van der Waals surface area contributed by atoms with E-state index in [2.05, 4.69) is 34.5 Å². The number of Topliss-reactive ketones (excluding diaryl/α,β-unsaturated/α-hetero) is 1. The Morgan fingerprint density at radius 2 is 1.61 bits per heavy atom. The van der Waals surface area contributed by atoms with Gasteiger partial charge in [-0.15, -0.1) is 10.2 Å². The fraction of sp³-hybridized carbons (Fsp3) is 0.357. The molecule has 0 unspecified atom stereocenters. The molecule has 1 fully saturated rings. The van der Waals surface area contributed by atoms with Crippen LogP contribution in [0.3, 0.4) is 0 Å². The second kappa shape index (κ2) is 4.72. The molecule has 1 aliphatic carbocycles. The van der Waals surface area contributed by atoms with Crippen LogP contribution in [0.25, 0.3) is 5.69 Å². The van der Waals surface area contributed by atoms with Gasteiger partial charge in [0.15, 0.2) is 0 Å². The lowest BCUT2D eigenvalue weighted by atomic mass is 9.83. The van der Waals surface area contributed by atoms with Gasteiger partial charge in [0.2, 0.25) is 0 Å². The van der Waals surface area contributed by atoms with Gasteiger partial charge in [-0.2, -0.15) is 0 Å². The van der Waals surface area contributed by atoms with Crippen LogP contribution in [0.2, 0.25) is 0 Å². The van der Waals surface area contributed by atoms with Gasteiger partial charge in [-0.25, -0.2) is 0 Å². The van der Waals surface area contributed by atoms with E-state index in [-0.39, 0.29) is 0 Å². The summed E-state index contributed by atoms with van der Waals surface area (Å²) in [5, 5.41) is 7.59. The first-order valence-electron chi connectivity index (χ1n) is 6.29. The van der Waals surface area contributed by atoms with Crippen molar-refractivity contribution in [3.05, 3.63) is 42.5 Å². The van der Waals surface area contributed by atoms with Gasteiger partial charge >= 0.3 is 0 Å². The minimum Gasteiger partial charge on any atom is -0.300 e. The van der Waals surface area contributed by atoms with Crippen LogP contribution in [0.15, 0.2) is 36.9 Å². The molecule has 0 spiro atoms. The molecular weight excluding hydrogens is 226 g/mol. The molecule has 1 saturated carbocycles. The molecule has 92 valence electrons. The van der Waals surface area contributed by atoms with Crippen LogP contribution >= 0.6 is 0 Å². The lowest BCUT2D eigenvalue weighted by molar-refractivity contribution is -0.120. The van der Waals surface area contributed by atoms with E-state index in [1.807, 2.05) is 4.57 Å². The molecule has 1 aromatic carbocycles. The predicted molar refractivity (Wildman–Crippen MR) is 67.6 cm³/mol. The van der Waals surface area contributed by atoms with Crippen molar-refractivity contribution in [3.8, 4) is 5.69 Å². The molecule has 0 saturated heterocycles. The predicted octanol–water partition coefficient (Wildman–Crippen LogP) is 2.49. The number of benzene rings is 1. The third-order valence-electron chi connectivity index (χ3n) is 3.62. The summed E-state index contributed by atoms with van der Waals surface area (Å²) in [6.45, 7) is 0. The molecule has 1 heterocycles. The lowest BCUT2D eigenvalue weighted by Gasteiger charge is -2.21. The Labute approximate surface area is 106 Å². The normalized spacial score (nSPS) is 17.0. The molecule has 0 amide bonds. The maximum atomic E-state index is 11.2. The van der Waals surface area contributed by atoms with Gasteiger partial charge in [0.05, 0.1) is 0 Å². The molecule has 4 heteroatoms. The summed E-state index contributed by atoms with van der Waals surface area (Å²) in [6, 6.07) is 8.45. The molecule has 0 atom stereocenters. The first-order valence-corrected chi connectivity index (χ1v) is 6.29. The SMILES string of the molecule is O=C1CCC(c2ccc(-n3cnnc3)cc2)CC1. The summed E-state index contributed by atoms with van der Waals surface area (Å²) in [4.78, 5) is 11.2. The summed E-state index contributed by atoms with van der Waals surface area (Å²) < 4.78 is 1.88. The molecule has 0 bridgehead atoms. The number of nitrogens with zero attached hydrogens (tertiary/aromatic N) is 3. The number of ketones is 1. The monoisotopic (exact) mass is 241 g/mol. The molecule has 0 radical (unpaired) electrons. The Morgan fingerprint density at radius 3 is 2.22 bits per heavy atom. The van der Waals surface area contributed by atoms with Crippen LogP contribution in [-0.4, -0.2) is 20.5 Å². The Morgan fingerprint density at radius 1 is 1.00 bits per heavy atom. The van der Waals surface area contributed by atoms with E-state index >= 15 is 0 Å². The Bertz CT molecular complexity index is 521. The van der Waals surface area contributed by atoms with E-state index < -0.39 is 0 Å². The fourth-order valence-electron chi connectivity index (χ4n) is 2.53. The van der Waals surface area contributed by atoms with E-state index in [1.54, 1.807) is 12.7 Å². The zero-order valence-corrected chi connectivity index (χ0v) is 10.1. The molecule has 1 aromatic heterocycles. The molecular formula is C14H15N3O. The van der Waals surface area contributed by atoms with Gasteiger partial charge < -0.3 is 0 Å². The van der Waals surface area contributed by atoms with Crippen molar-refractivity contribution in [2.45, 2.75) is 31.6 Å². The van der Waals surface area contributed by atoms with Crippen molar-refractivity contribution >= 4 is 5.78 Å². The molecule has 3 rings (SSSR count). The van der Waals surface area contributed by atoms with Gasteiger partial charge in [0, 0.05) is 18.5 Å². The highest BCUT2D eigenvalue weighted by Crippen LogP contribution is 2.31. The van der Waals surface area contributed by atoms with E-state index in [9.17, 15) is 4.79 Å². The Hall–Kier alpha value is -1.97. The van der Waals surface area contributed by atoms with E-state index in [0.29, 0.717) is 11.7 Å². The smallest absolute Gasteiger partial charge is 0.132 e. The van der Waals surface area contributed by atoms with E-state index in [1.165, 1.54) is 5.56 Å². The number of hydrogen-bond donors (Lipinski definition) is 0. The van der Waals surface area contributed by atoms with Crippen LogP contribution in [-0.2, 0) is 4.79 Å². The molecule has 4 nitrogen and oxygen atoms in total. The number of aromatic nitrogens is 3. The highest BCUT2D eigenvalue weighted by molar-refractivity contribution is 5.79. The standard InChI is InChI=1S/C14H15N3O/c18-14-7-3-12(4-8-14)11-1-5-13(6-2-11)17-9-15-16-10-17/h1-2,5-6,9-10,12H,3-4,7-8H2. The highest BCUT2D eigenvalue weighted by Gasteiger charge is 2.19. The zero-order valence-electron chi connectivity index (χ0n) is 10.1. The maximum Gasteiger partial charge on any atom is 0.132 e. The third kappa shape index (κ3) is 2.18. The zero-order chi connectivity index (χ0) is 12.4. The number of hydrogen-bond acceptors (Lipinski definition) is 3. The van der Waals surface area contributed by atoms with Crippen molar-refractivity contribution in [1.82, 2.24) is 14.8 Å². The second-order valence-corrected chi connectivity index (χ2v) is 4.77. The van der Waals surface area contributed by atoms with Gasteiger partial charge in [-0.05, 0) is 36.5 Å². The molecule has 18 heavy (non-hydrogen) atoms. The summed E-state index contributed by atoms with van der Waals surface area (Å²) in [7, 11) is 0. The summed E-state index contributed by atoms with van der Waals surface area (Å²) in [5.74, 6) is 0.949. The highest BCUT2D eigenvalue weighted by atomic mass is 16.1. The van der Waals surface area contributed by atoms with Gasteiger partial charge in [-0.3, -0.25) is 9.36 Å². The summed E-state index contributed by atoms with van der Waals surface area (Å²) >= 11 is 0. The fourth-order valence-corrected chi connectivity index (χ4v) is 2.53. The lowest BCUT2D eigenvalue weighted by Crippen LogP contribution is -2.12. The first-order chi connectivity index (χ1) is 8.83. The largest absolute Gasteiger partial charge is 0.300 e. The summed E-state index contributed by atoms with van der Waals surface area (Å²) in [5.41, 5.74) is 2.40. The molecule has 0 N–H and O–H groups in total. The number of carbonyl (C=O) groups excluding carboxylic acids is 1. The third-order valence-corrected chi connectivity index (χ3v) is 3.62. The average Bonchev–Trinajstić information content (AvgIpc) is 2.94. The van der Waals surface area contributed by atoms with Gasteiger partial charge in [0.1, 0.15) is 18.4 Å². The number of rotatable bonds is 2. The quantitative estimate of drug-likeness (QED) is 0.811. The van der Waals surface area contributed by atoms with Crippen molar-refractivity contribution in [2.75, 3.05) is 0 Å². The van der Waals surface area contributed by atoms with Crippen LogP contribution in [0.1, 0.15) is 37.2 Å². The molecule has 2 aromatic rings. The van der Waals surface area contributed by atoms with Crippen LogP contribution in [0.4, 0.5) is 0 Å². The van der Waals surface area contributed by atoms with Gasteiger partial charge in [0.25, 0.3) is 0 Å². The average molecular weight is 241 g/mol. The Kier molecular flexibility index (Phi) is 2.92. The van der Waals surface area contributed by atoms with Crippen LogP contribution in [0, 0.1) is 0 Å². The Balaban J connectivity index is 1.77. The molecule has 0 aliphatic heterocycles. The first kappa shape index (κ1) is 11.1. The number of carbonyl (C=O) groups is 1. The topological polar surface area (TPSA) is 47.8 Å². The van der Waals surface area contributed by atoms with E-state index in [0.717, 1.165) is 31.4 Å².